The van der Waals surface area contributed by atoms with Crippen LogP contribution in [-0.2, 0) is 6.54 Å². The predicted molar refractivity (Wildman–Crippen MR) is 69.2 cm³/mol. The van der Waals surface area contributed by atoms with Gasteiger partial charge in [0.25, 0.3) is 0 Å². The zero-order chi connectivity index (χ0) is 13.0. The number of carbonyl (C=O) groups is 1. The number of benzene rings is 1. The van der Waals surface area contributed by atoms with Crippen LogP contribution in [0, 0.1) is 0 Å². The summed E-state index contributed by atoms with van der Waals surface area (Å²) in [5.41, 5.74) is 1.32. The van der Waals surface area contributed by atoms with Crippen LogP contribution in [0.2, 0.25) is 0 Å². The second-order valence-electron chi connectivity index (χ2n) is 4.56. The van der Waals surface area contributed by atoms with Crippen LogP contribution in [0.3, 0.4) is 0 Å². The first-order chi connectivity index (χ1) is 8.74. The Morgan fingerprint density at radius 1 is 1.39 bits per heavy atom. The topological polar surface area (TPSA) is 49.8 Å². The SMILES string of the molecule is CCOc1cc(C=O)cc(CN2CCCC2)c1O. The smallest absolute Gasteiger partial charge is 0.162 e. The van der Waals surface area contributed by atoms with Gasteiger partial charge >= 0.3 is 0 Å². The van der Waals surface area contributed by atoms with Crippen molar-refractivity contribution in [3.63, 3.8) is 0 Å². The Balaban J connectivity index is 2.25. The van der Waals surface area contributed by atoms with E-state index in [1.165, 1.54) is 12.8 Å². The number of aromatic hydroxyl groups is 1. The quantitative estimate of drug-likeness (QED) is 0.813. The van der Waals surface area contributed by atoms with Crippen LogP contribution in [0.5, 0.6) is 11.5 Å². The normalized spacial score (nSPS) is 15.8. The third-order valence-electron chi connectivity index (χ3n) is 3.20. The van der Waals surface area contributed by atoms with Crippen LogP contribution in [0.4, 0.5) is 0 Å². The molecule has 98 valence electrons. The fraction of sp³-hybridized carbons (Fsp3) is 0.500. The molecule has 1 saturated heterocycles. The minimum atomic E-state index is 0.161. The number of ether oxygens (including phenoxy) is 1. The standard InChI is InChI=1S/C14H19NO3/c1-2-18-13-8-11(10-16)7-12(14(13)17)9-15-5-3-4-6-15/h7-8,10,17H,2-6,9H2,1H3. The molecule has 0 bridgehead atoms. The highest BCUT2D eigenvalue weighted by Gasteiger charge is 2.16. The number of aldehydes is 1. The molecule has 1 aromatic carbocycles. The summed E-state index contributed by atoms with van der Waals surface area (Å²) in [6.07, 6.45) is 3.19. The highest BCUT2D eigenvalue weighted by atomic mass is 16.5. The Kier molecular flexibility index (Phi) is 4.20. The summed E-state index contributed by atoms with van der Waals surface area (Å²) in [7, 11) is 0. The van der Waals surface area contributed by atoms with Gasteiger partial charge < -0.3 is 9.84 Å². The van der Waals surface area contributed by atoms with Crippen LogP contribution in [0.1, 0.15) is 35.7 Å². The molecule has 0 amide bonds. The number of phenols is 1. The zero-order valence-corrected chi connectivity index (χ0v) is 10.7. The zero-order valence-electron chi connectivity index (χ0n) is 10.7. The molecule has 1 aliphatic rings. The van der Waals surface area contributed by atoms with Gasteiger partial charge in [-0.15, -0.1) is 0 Å². The van der Waals surface area contributed by atoms with E-state index in [2.05, 4.69) is 4.90 Å². The van der Waals surface area contributed by atoms with Crippen molar-refractivity contribution in [3.8, 4) is 11.5 Å². The summed E-state index contributed by atoms with van der Waals surface area (Å²) in [5.74, 6) is 0.561. The van der Waals surface area contributed by atoms with Gasteiger partial charge in [0.05, 0.1) is 6.61 Å². The molecule has 1 heterocycles. The average Bonchev–Trinajstić information content (AvgIpc) is 2.87. The van der Waals surface area contributed by atoms with Crippen LogP contribution >= 0.6 is 0 Å². The minimum Gasteiger partial charge on any atom is -0.504 e. The molecule has 0 spiro atoms. The van der Waals surface area contributed by atoms with E-state index < -0.39 is 0 Å². The molecule has 1 aromatic rings. The lowest BCUT2D eigenvalue weighted by Gasteiger charge is -2.17. The van der Waals surface area contributed by atoms with Crippen molar-refractivity contribution >= 4 is 6.29 Å². The summed E-state index contributed by atoms with van der Waals surface area (Å²) >= 11 is 0. The van der Waals surface area contributed by atoms with E-state index in [-0.39, 0.29) is 5.75 Å². The minimum absolute atomic E-state index is 0.161. The van der Waals surface area contributed by atoms with Gasteiger partial charge in [0.1, 0.15) is 6.29 Å². The second-order valence-corrected chi connectivity index (χ2v) is 4.56. The van der Waals surface area contributed by atoms with E-state index >= 15 is 0 Å². The number of hydrogen-bond donors (Lipinski definition) is 1. The number of hydrogen-bond acceptors (Lipinski definition) is 4. The fourth-order valence-corrected chi connectivity index (χ4v) is 2.32. The average molecular weight is 249 g/mol. The molecule has 4 nitrogen and oxygen atoms in total. The van der Waals surface area contributed by atoms with Gasteiger partial charge in [-0.2, -0.15) is 0 Å². The first-order valence-electron chi connectivity index (χ1n) is 6.40. The van der Waals surface area contributed by atoms with Gasteiger partial charge in [0.2, 0.25) is 0 Å². The molecule has 4 heteroatoms. The Labute approximate surface area is 107 Å². The lowest BCUT2D eigenvalue weighted by atomic mass is 10.1. The van der Waals surface area contributed by atoms with Crippen LogP contribution in [0.15, 0.2) is 12.1 Å². The molecule has 0 saturated carbocycles. The summed E-state index contributed by atoms with van der Waals surface area (Å²) in [6, 6.07) is 3.32. The van der Waals surface area contributed by atoms with Crippen LogP contribution < -0.4 is 4.74 Å². The fourth-order valence-electron chi connectivity index (χ4n) is 2.32. The number of nitrogens with zero attached hydrogens (tertiary/aromatic N) is 1. The Morgan fingerprint density at radius 2 is 2.11 bits per heavy atom. The van der Waals surface area contributed by atoms with E-state index in [0.29, 0.717) is 24.5 Å². The van der Waals surface area contributed by atoms with Crippen LogP contribution in [0.25, 0.3) is 0 Å². The molecular weight excluding hydrogens is 230 g/mol. The van der Waals surface area contributed by atoms with Crippen molar-refractivity contribution in [1.29, 1.82) is 0 Å². The largest absolute Gasteiger partial charge is 0.504 e. The first-order valence-corrected chi connectivity index (χ1v) is 6.40. The maximum Gasteiger partial charge on any atom is 0.162 e. The molecule has 0 radical (unpaired) electrons. The van der Waals surface area contributed by atoms with Gasteiger partial charge in [-0.05, 0) is 45.0 Å². The molecule has 0 aromatic heterocycles. The van der Waals surface area contributed by atoms with Crippen molar-refractivity contribution < 1.29 is 14.6 Å². The Hall–Kier alpha value is -1.55. The van der Waals surface area contributed by atoms with Gasteiger partial charge in [0, 0.05) is 17.7 Å². The molecular formula is C14H19NO3. The lowest BCUT2D eigenvalue weighted by molar-refractivity contribution is 0.112. The van der Waals surface area contributed by atoms with Crippen molar-refractivity contribution in [2.45, 2.75) is 26.3 Å². The van der Waals surface area contributed by atoms with Crippen molar-refractivity contribution in [3.05, 3.63) is 23.3 Å². The molecule has 1 N–H and O–H groups in total. The molecule has 1 fully saturated rings. The number of rotatable bonds is 5. The third kappa shape index (κ3) is 2.82. The molecule has 0 atom stereocenters. The van der Waals surface area contributed by atoms with Crippen molar-refractivity contribution in [2.24, 2.45) is 0 Å². The van der Waals surface area contributed by atoms with Crippen LogP contribution in [-0.4, -0.2) is 36.0 Å². The van der Waals surface area contributed by atoms with Gasteiger partial charge in [-0.25, -0.2) is 0 Å². The van der Waals surface area contributed by atoms with E-state index in [4.69, 9.17) is 4.74 Å². The van der Waals surface area contributed by atoms with E-state index in [1.807, 2.05) is 6.92 Å². The summed E-state index contributed by atoms with van der Waals surface area (Å²) < 4.78 is 5.36. The first kappa shape index (κ1) is 12.9. The van der Waals surface area contributed by atoms with E-state index in [1.54, 1.807) is 12.1 Å². The third-order valence-corrected chi connectivity index (χ3v) is 3.20. The van der Waals surface area contributed by atoms with Crippen molar-refractivity contribution in [2.75, 3.05) is 19.7 Å². The van der Waals surface area contributed by atoms with E-state index in [0.717, 1.165) is 24.9 Å². The van der Waals surface area contributed by atoms with E-state index in [9.17, 15) is 9.90 Å². The summed E-state index contributed by atoms with van der Waals surface area (Å²) in [5, 5.41) is 10.1. The van der Waals surface area contributed by atoms with Gasteiger partial charge in [-0.1, -0.05) is 0 Å². The number of phenolic OH excluding ortho intramolecular Hbond substituents is 1. The Morgan fingerprint density at radius 3 is 2.72 bits per heavy atom. The highest BCUT2D eigenvalue weighted by molar-refractivity contribution is 5.77. The van der Waals surface area contributed by atoms with Crippen molar-refractivity contribution in [1.82, 2.24) is 4.90 Å². The second kappa shape index (κ2) is 5.87. The summed E-state index contributed by atoms with van der Waals surface area (Å²) in [4.78, 5) is 13.2. The predicted octanol–water partition coefficient (Wildman–Crippen LogP) is 2.20. The Bertz CT molecular complexity index is 425. The molecule has 2 rings (SSSR count). The maximum atomic E-state index is 10.9. The monoisotopic (exact) mass is 249 g/mol. The molecule has 0 aliphatic carbocycles. The lowest BCUT2D eigenvalue weighted by Crippen LogP contribution is -2.18. The molecule has 1 aliphatic heterocycles. The molecule has 0 unspecified atom stereocenters. The highest BCUT2D eigenvalue weighted by Crippen LogP contribution is 2.32. The van der Waals surface area contributed by atoms with Gasteiger partial charge in [0.15, 0.2) is 11.5 Å². The number of carbonyl (C=O) groups excluding carboxylic acids is 1. The van der Waals surface area contributed by atoms with Gasteiger partial charge in [-0.3, -0.25) is 9.69 Å². The maximum absolute atomic E-state index is 10.9. The number of likely N-dealkylation sites (tertiary alicyclic amines) is 1. The molecule has 18 heavy (non-hydrogen) atoms. The summed E-state index contributed by atoms with van der Waals surface area (Å²) in [6.45, 7) is 5.10.